The van der Waals surface area contributed by atoms with Crippen LogP contribution in [-0.2, 0) is 9.53 Å². The number of rotatable bonds is 4. The molecule has 1 fully saturated rings. The van der Waals surface area contributed by atoms with Crippen LogP contribution in [-0.4, -0.2) is 48.3 Å². The van der Waals surface area contributed by atoms with E-state index in [1.807, 2.05) is 4.90 Å². The maximum absolute atomic E-state index is 11.3. The van der Waals surface area contributed by atoms with E-state index in [-0.39, 0.29) is 12.1 Å². The molecule has 15 heavy (non-hydrogen) atoms. The van der Waals surface area contributed by atoms with Gasteiger partial charge in [-0.15, -0.1) is 0 Å². The van der Waals surface area contributed by atoms with Gasteiger partial charge in [0.15, 0.2) is 0 Å². The lowest BCUT2D eigenvalue weighted by atomic mass is 10.1. The quantitative estimate of drug-likeness (QED) is 0.547. The summed E-state index contributed by atoms with van der Waals surface area (Å²) < 4.78 is 4.84. The highest BCUT2D eigenvalue weighted by molar-refractivity contribution is 5.88. The van der Waals surface area contributed by atoms with Gasteiger partial charge in [0.25, 0.3) is 0 Å². The van der Waals surface area contributed by atoms with Crippen molar-refractivity contribution < 1.29 is 14.6 Å². The summed E-state index contributed by atoms with van der Waals surface area (Å²) >= 11 is 0. The first-order valence-corrected chi connectivity index (χ1v) is 5.38. The molecule has 0 aromatic carbocycles. The fourth-order valence-electron chi connectivity index (χ4n) is 1.74. The maximum Gasteiger partial charge on any atom is 0.334 e. The van der Waals surface area contributed by atoms with Crippen LogP contribution in [0.1, 0.15) is 19.8 Å². The molecule has 1 heterocycles. The van der Waals surface area contributed by atoms with E-state index in [0.29, 0.717) is 25.3 Å². The van der Waals surface area contributed by atoms with Crippen LogP contribution >= 0.6 is 0 Å². The van der Waals surface area contributed by atoms with Crippen molar-refractivity contribution >= 4 is 5.97 Å². The minimum atomic E-state index is -0.336. The molecule has 1 N–H and O–H groups in total. The lowest BCUT2D eigenvalue weighted by molar-refractivity contribution is -0.138. The van der Waals surface area contributed by atoms with E-state index in [1.165, 1.54) is 0 Å². The van der Waals surface area contributed by atoms with Crippen molar-refractivity contribution in [1.29, 1.82) is 0 Å². The molecule has 86 valence electrons. The first kappa shape index (κ1) is 12.2. The Labute approximate surface area is 90.5 Å². The molecule has 0 bridgehead atoms. The van der Waals surface area contributed by atoms with E-state index in [0.717, 1.165) is 19.4 Å². The smallest absolute Gasteiger partial charge is 0.334 e. The lowest BCUT2D eigenvalue weighted by Gasteiger charge is -2.29. The van der Waals surface area contributed by atoms with E-state index in [4.69, 9.17) is 4.74 Å². The second-order valence-electron chi connectivity index (χ2n) is 3.86. The predicted molar refractivity (Wildman–Crippen MR) is 57.5 cm³/mol. The molecule has 0 spiro atoms. The first-order valence-electron chi connectivity index (χ1n) is 5.38. The number of carbonyl (C=O) groups is 1. The Balaban J connectivity index is 2.33. The Kier molecular flexibility index (Phi) is 4.78. The number of β-amino-alcohol motifs (C(OH)–C–C–N with tert-alkyl or cyclic N) is 1. The molecule has 0 amide bonds. The van der Waals surface area contributed by atoms with E-state index in [9.17, 15) is 9.90 Å². The summed E-state index contributed by atoms with van der Waals surface area (Å²) in [6.07, 6.45) is 1.55. The largest absolute Gasteiger partial charge is 0.463 e. The van der Waals surface area contributed by atoms with E-state index in [1.54, 1.807) is 6.92 Å². The fourth-order valence-corrected chi connectivity index (χ4v) is 1.74. The van der Waals surface area contributed by atoms with E-state index < -0.39 is 0 Å². The molecule has 1 saturated heterocycles. The topological polar surface area (TPSA) is 49.8 Å². The predicted octanol–water partition coefficient (Wildman–Crippen LogP) is 0.562. The second kappa shape index (κ2) is 5.88. The molecule has 1 aliphatic rings. The highest BCUT2D eigenvalue weighted by atomic mass is 16.5. The van der Waals surface area contributed by atoms with Gasteiger partial charge in [0.1, 0.15) is 0 Å². The van der Waals surface area contributed by atoms with Crippen LogP contribution in [0.25, 0.3) is 0 Å². The molecule has 0 saturated carbocycles. The van der Waals surface area contributed by atoms with Gasteiger partial charge in [0, 0.05) is 18.7 Å². The summed E-state index contributed by atoms with van der Waals surface area (Å²) in [4.78, 5) is 13.3. The van der Waals surface area contributed by atoms with Crippen molar-refractivity contribution in [1.82, 2.24) is 4.90 Å². The van der Waals surface area contributed by atoms with Gasteiger partial charge in [-0.1, -0.05) is 6.58 Å². The first-order chi connectivity index (χ1) is 7.13. The number of esters is 1. The molecule has 1 rings (SSSR count). The zero-order valence-electron chi connectivity index (χ0n) is 9.24. The van der Waals surface area contributed by atoms with E-state index in [2.05, 4.69) is 6.58 Å². The molecule has 0 radical (unpaired) electrons. The van der Waals surface area contributed by atoms with Crippen LogP contribution in [0.2, 0.25) is 0 Å². The molecule has 1 aliphatic heterocycles. The van der Waals surface area contributed by atoms with Crippen molar-refractivity contribution in [3.05, 3.63) is 12.2 Å². The fraction of sp³-hybridized carbons (Fsp3) is 0.727. The number of nitrogens with zero attached hydrogens (tertiary/aromatic N) is 1. The normalized spacial score (nSPS) is 22.4. The number of hydrogen-bond donors (Lipinski definition) is 1. The van der Waals surface area contributed by atoms with Gasteiger partial charge >= 0.3 is 5.97 Å². The van der Waals surface area contributed by atoms with Crippen molar-refractivity contribution in [3.8, 4) is 0 Å². The number of aliphatic hydroxyl groups excluding tert-OH is 1. The molecular formula is C11H19NO3. The summed E-state index contributed by atoms with van der Waals surface area (Å²) in [5, 5.41) is 9.45. The standard InChI is InChI=1S/C11H19NO3/c1-3-15-11(14)9(2)7-12-6-4-5-10(13)8-12/h10,13H,2-8H2,1H3. The summed E-state index contributed by atoms with van der Waals surface area (Å²) in [6, 6.07) is 0. The van der Waals surface area contributed by atoms with Gasteiger partial charge in [-0.3, -0.25) is 4.90 Å². The average molecular weight is 213 g/mol. The number of ether oxygens (including phenoxy) is 1. The molecule has 0 aromatic heterocycles. The van der Waals surface area contributed by atoms with Gasteiger partial charge < -0.3 is 9.84 Å². The summed E-state index contributed by atoms with van der Waals surface area (Å²) in [6.45, 7) is 7.88. The number of likely N-dealkylation sites (tertiary alicyclic amines) is 1. The van der Waals surface area contributed by atoms with Crippen LogP contribution in [0, 0.1) is 0 Å². The highest BCUT2D eigenvalue weighted by Gasteiger charge is 2.20. The van der Waals surface area contributed by atoms with Crippen LogP contribution in [0.5, 0.6) is 0 Å². The SMILES string of the molecule is C=C(CN1CCCC(O)C1)C(=O)OCC. The van der Waals surface area contributed by atoms with E-state index >= 15 is 0 Å². The molecular weight excluding hydrogens is 194 g/mol. The molecule has 1 atom stereocenters. The Bertz CT molecular complexity index is 240. The maximum atomic E-state index is 11.3. The highest BCUT2D eigenvalue weighted by Crippen LogP contribution is 2.11. The molecule has 4 nitrogen and oxygen atoms in total. The molecule has 0 aromatic rings. The van der Waals surface area contributed by atoms with Gasteiger partial charge in [-0.25, -0.2) is 4.79 Å². The Morgan fingerprint density at radius 2 is 2.40 bits per heavy atom. The summed E-state index contributed by atoms with van der Waals surface area (Å²) in [5.74, 6) is -0.336. The average Bonchev–Trinajstić information content (AvgIpc) is 2.18. The van der Waals surface area contributed by atoms with Crippen molar-refractivity contribution in [3.63, 3.8) is 0 Å². The Morgan fingerprint density at radius 1 is 1.67 bits per heavy atom. The van der Waals surface area contributed by atoms with Crippen molar-refractivity contribution in [2.45, 2.75) is 25.9 Å². The van der Waals surface area contributed by atoms with Gasteiger partial charge in [-0.05, 0) is 26.3 Å². The zero-order chi connectivity index (χ0) is 11.3. The monoisotopic (exact) mass is 213 g/mol. The van der Waals surface area contributed by atoms with Gasteiger partial charge in [-0.2, -0.15) is 0 Å². The number of carbonyl (C=O) groups excluding carboxylic acids is 1. The summed E-state index contributed by atoms with van der Waals surface area (Å²) in [5.41, 5.74) is 0.464. The third kappa shape index (κ3) is 4.01. The summed E-state index contributed by atoms with van der Waals surface area (Å²) in [7, 11) is 0. The van der Waals surface area contributed by atoms with Crippen molar-refractivity contribution in [2.75, 3.05) is 26.2 Å². The number of aliphatic hydroxyl groups is 1. The van der Waals surface area contributed by atoms with Crippen LogP contribution < -0.4 is 0 Å². The van der Waals surface area contributed by atoms with Crippen LogP contribution in [0.3, 0.4) is 0 Å². The van der Waals surface area contributed by atoms with Gasteiger partial charge in [0.05, 0.1) is 12.7 Å². The van der Waals surface area contributed by atoms with Crippen LogP contribution in [0.15, 0.2) is 12.2 Å². The zero-order valence-corrected chi connectivity index (χ0v) is 9.24. The third-order valence-electron chi connectivity index (χ3n) is 2.46. The third-order valence-corrected chi connectivity index (χ3v) is 2.46. The Morgan fingerprint density at radius 3 is 3.00 bits per heavy atom. The minimum absolute atomic E-state index is 0.270. The Hall–Kier alpha value is -0.870. The minimum Gasteiger partial charge on any atom is -0.463 e. The van der Waals surface area contributed by atoms with Crippen molar-refractivity contribution in [2.24, 2.45) is 0 Å². The molecule has 1 unspecified atom stereocenters. The number of hydrogen-bond acceptors (Lipinski definition) is 4. The van der Waals surface area contributed by atoms with Gasteiger partial charge in [0.2, 0.25) is 0 Å². The second-order valence-corrected chi connectivity index (χ2v) is 3.86. The van der Waals surface area contributed by atoms with Crippen LogP contribution in [0.4, 0.5) is 0 Å². The lowest BCUT2D eigenvalue weighted by Crippen LogP contribution is -2.40. The molecule has 0 aliphatic carbocycles. The molecule has 4 heteroatoms. The number of piperidine rings is 1.